The molecule has 0 aliphatic heterocycles. The van der Waals surface area contributed by atoms with Gasteiger partial charge in [-0.3, -0.25) is 0 Å². The van der Waals surface area contributed by atoms with E-state index in [-0.39, 0.29) is 32.8 Å². The van der Waals surface area contributed by atoms with Crippen molar-refractivity contribution in [2.24, 2.45) is 0 Å². The second-order valence-corrected chi connectivity index (χ2v) is 13.2. The van der Waals surface area contributed by atoms with Crippen LogP contribution >= 0.6 is 30.3 Å². The molecule has 0 N–H and O–H groups in total. The summed E-state index contributed by atoms with van der Waals surface area (Å²) in [6, 6.07) is 17.8. The predicted molar refractivity (Wildman–Crippen MR) is 161 cm³/mol. The number of benzene rings is 3. The Hall–Kier alpha value is -2.45. The van der Waals surface area contributed by atoms with E-state index >= 15 is 8.78 Å². The molecule has 2 aromatic heterocycles. The van der Waals surface area contributed by atoms with Gasteiger partial charge < -0.3 is 4.79 Å². The van der Waals surface area contributed by atoms with Crippen LogP contribution in [0.4, 0.5) is 8.78 Å². The first-order chi connectivity index (χ1) is 19.3. The third kappa shape index (κ3) is 5.29. The molecule has 0 fully saturated rings. The van der Waals surface area contributed by atoms with Crippen LogP contribution in [0.15, 0.2) is 73.1 Å². The Morgan fingerprint density at radius 2 is 1.90 bits per heavy atom. The van der Waals surface area contributed by atoms with E-state index in [1.54, 1.807) is 12.3 Å². The van der Waals surface area contributed by atoms with E-state index in [4.69, 9.17) is 4.74 Å². The summed E-state index contributed by atoms with van der Waals surface area (Å²) in [6.45, 7) is 3.90. The number of aromatic nitrogens is 3. The van der Waals surface area contributed by atoms with Gasteiger partial charge in [0.1, 0.15) is 6.29 Å². The number of hydrogen-bond donors (Lipinski definition) is 0. The molecule has 0 radical (unpaired) electrons. The molecule has 40 heavy (non-hydrogen) atoms. The summed E-state index contributed by atoms with van der Waals surface area (Å²) in [5, 5.41) is 0.928. The molecule has 0 amide bonds. The van der Waals surface area contributed by atoms with Crippen LogP contribution in [0.1, 0.15) is 36.6 Å². The number of carbonyl (C=O) groups is 1. The van der Waals surface area contributed by atoms with Crippen LogP contribution in [0.2, 0.25) is 0 Å². The summed E-state index contributed by atoms with van der Waals surface area (Å²) >= 11 is 1.89. The number of nitrogens with zero attached hydrogens (tertiary/aromatic N) is 3. The molecule has 0 aliphatic carbocycles. The zero-order chi connectivity index (χ0) is 28.4. The van der Waals surface area contributed by atoms with Crippen molar-refractivity contribution in [3.8, 4) is 22.9 Å². The average Bonchev–Trinajstić information content (AvgIpc) is 3.59. The zero-order valence-corrected chi connectivity index (χ0v) is 27.1. The first-order valence-corrected chi connectivity index (χ1v) is 18.9. The van der Waals surface area contributed by atoms with Gasteiger partial charge in [-0.15, -0.1) is 0 Å². The van der Waals surface area contributed by atoms with Crippen molar-refractivity contribution in [3.63, 3.8) is 0 Å². The van der Waals surface area contributed by atoms with E-state index in [9.17, 15) is 4.79 Å². The Bertz CT molecular complexity index is 1690. The van der Waals surface area contributed by atoms with Crippen molar-refractivity contribution in [2.45, 2.75) is 32.1 Å². The summed E-state index contributed by atoms with van der Waals surface area (Å²) in [4.78, 5) is 18.1. The van der Waals surface area contributed by atoms with Gasteiger partial charge in [0.15, 0.2) is 0 Å². The molecule has 2 heterocycles. The van der Waals surface area contributed by atoms with Crippen molar-refractivity contribution < 1.29 is 39.8 Å². The van der Waals surface area contributed by atoms with Crippen molar-refractivity contribution in [1.82, 2.24) is 11.7 Å². The van der Waals surface area contributed by atoms with Gasteiger partial charge in [-0.05, 0) is 18.9 Å². The molecule has 0 saturated carbocycles. The number of ether oxygens (including phenoxy) is 1. The van der Waals surface area contributed by atoms with Gasteiger partial charge in [-0.1, -0.05) is 30.3 Å². The Balaban J connectivity index is 1.57. The number of halogens is 4. The number of rotatable bonds is 10. The third-order valence-corrected chi connectivity index (χ3v) is 10.8. The first kappa shape index (κ1) is 29.1. The molecular formula is C30H26F2I2N3O2S-. The molecule has 1 atom stereocenters. The standard InChI is InChI=1S/C30H26F2I2N3O2S/c1-19-22-12-14-36(34-3)26(22)17-25(32)28(19)39-21-10-11-24(31)23(16-21)29-35-18-27(37(29)40-33)30(2,13-7-15-38)20-8-5-4-6-9-20/h4-6,8-12,14-18H,7,13H2,1-3H3/q-1. The van der Waals surface area contributed by atoms with E-state index in [0.717, 1.165) is 28.4 Å². The number of aldehydes is 1. The van der Waals surface area contributed by atoms with Crippen LogP contribution in [0, 0.1) is 18.6 Å². The van der Waals surface area contributed by atoms with E-state index in [1.165, 1.54) is 27.3 Å². The summed E-state index contributed by atoms with van der Waals surface area (Å²) in [7, 11) is 1.38. The van der Waals surface area contributed by atoms with Crippen molar-refractivity contribution in [1.29, 1.82) is 0 Å². The van der Waals surface area contributed by atoms with Crippen molar-refractivity contribution in [2.75, 3.05) is 4.93 Å². The molecule has 3 aromatic carbocycles. The zero-order valence-electron chi connectivity index (χ0n) is 22.0. The van der Waals surface area contributed by atoms with Gasteiger partial charge in [-0.25, -0.2) is 0 Å². The second kappa shape index (κ2) is 12.2. The maximum atomic E-state index is 15.3. The van der Waals surface area contributed by atoms with Crippen LogP contribution in [0.25, 0.3) is 22.3 Å². The monoisotopic (exact) mass is 784 g/mol. The van der Waals surface area contributed by atoms with E-state index in [1.807, 2.05) is 53.5 Å². The number of alkyl halides is 1. The van der Waals surface area contributed by atoms with Gasteiger partial charge in [0.05, 0.1) is 0 Å². The molecule has 10 heteroatoms. The Labute approximate surface area is 258 Å². The predicted octanol–water partition coefficient (Wildman–Crippen LogP) is 5.50. The Morgan fingerprint density at radius 1 is 1.12 bits per heavy atom. The number of carbonyl (C=O) groups excluding carboxylic acids is 1. The van der Waals surface area contributed by atoms with Crippen LogP contribution < -0.4 is 26.2 Å². The van der Waals surface area contributed by atoms with Crippen molar-refractivity contribution in [3.05, 3.63) is 102 Å². The van der Waals surface area contributed by atoms with Gasteiger partial charge in [0.25, 0.3) is 0 Å². The molecule has 0 saturated heterocycles. The molecule has 5 rings (SSSR count). The van der Waals surface area contributed by atoms with E-state index in [0.29, 0.717) is 30.0 Å². The molecule has 0 bridgehead atoms. The molecule has 1 unspecified atom stereocenters. The maximum absolute atomic E-state index is 15.3. The number of fused-ring (bicyclic) bond motifs is 1. The first-order valence-electron chi connectivity index (χ1n) is 12.5. The van der Waals surface area contributed by atoms with Crippen molar-refractivity contribution >= 4 is 47.5 Å². The number of aryl methyl sites for hydroxylation is 1. The molecule has 5 nitrogen and oxygen atoms in total. The Morgan fingerprint density at radius 3 is 2.60 bits per heavy atom. The molecule has 0 spiro atoms. The minimum absolute atomic E-state index is 0.120. The normalized spacial score (nSPS) is 13.1. The number of hydrogen-bond acceptors (Lipinski definition) is 4. The quantitative estimate of drug-likeness (QED) is 0.107. The van der Waals surface area contributed by atoms with Gasteiger partial charge in [0.2, 0.25) is 0 Å². The molecular weight excluding hydrogens is 758 g/mol. The summed E-state index contributed by atoms with van der Waals surface area (Å²) < 4.78 is 40.6. The average molecular weight is 784 g/mol. The summed E-state index contributed by atoms with van der Waals surface area (Å²) in [6.07, 6.45) is 5.56. The topological polar surface area (TPSA) is 49.1 Å². The summed E-state index contributed by atoms with van der Waals surface area (Å²) in [5.41, 5.74) is 3.12. The van der Waals surface area contributed by atoms with Gasteiger partial charge in [-0.2, -0.15) is 0 Å². The van der Waals surface area contributed by atoms with Crippen LogP contribution in [0.3, 0.4) is 0 Å². The molecule has 5 aromatic rings. The SMILES string of the molecule is C[I-]n1ccc2c(C)c(Oc3ccc(F)c(-c4ncc(C(C)(CCC=O)c5ccccc5)n4SI)c3)c(F)cc21. The minimum atomic E-state index is -0.539. The van der Waals surface area contributed by atoms with Crippen LogP contribution in [-0.2, 0) is 10.2 Å². The van der Waals surface area contributed by atoms with Gasteiger partial charge >= 0.3 is 167 Å². The van der Waals surface area contributed by atoms with E-state index < -0.39 is 17.0 Å². The number of imidazole rings is 1. The fourth-order valence-electron chi connectivity index (χ4n) is 5.02. The summed E-state index contributed by atoms with van der Waals surface area (Å²) in [5.74, 6) is -0.102. The third-order valence-electron chi connectivity index (χ3n) is 7.21. The molecule has 208 valence electrons. The van der Waals surface area contributed by atoms with E-state index in [2.05, 4.69) is 40.8 Å². The van der Waals surface area contributed by atoms with Crippen LogP contribution in [-0.4, -0.2) is 23.0 Å². The van der Waals surface area contributed by atoms with Crippen LogP contribution in [0.5, 0.6) is 11.5 Å². The fourth-order valence-corrected chi connectivity index (χ4v) is 8.16. The van der Waals surface area contributed by atoms with Gasteiger partial charge in [0, 0.05) is 33.0 Å². The molecule has 0 aliphatic rings. The second-order valence-electron chi connectivity index (χ2n) is 9.52. The fraction of sp³-hybridized carbons (Fsp3) is 0.200. The Kier molecular flexibility index (Phi) is 8.86.